The molecule has 0 saturated carbocycles. The zero-order valence-corrected chi connectivity index (χ0v) is 9.60. The topological polar surface area (TPSA) is 20.3 Å². The van der Waals surface area contributed by atoms with Gasteiger partial charge in [0.2, 0.25) is 5.91 Å². The second kappa shape index (κ2) is 3.62. The van der Waals surface area contributed by atoms with Gasteiger partial charge in [-0.2, -0.15) is 0 Å². The number of benzene rings is 1. The van der Waals surface area contributed by atoms with Crippen LogP contribution in [0.4, 0.5) is 0 Å². The first-order chi connectivity index (χ1) is 7.75. The van der Waals surface area contributed by atoms with Crippen LogP contribution in [0.3, 0.4) is 0 Å². The predicted molar refractivity (Wildman–Crippen MR) is 63.1 cm³/mol. The maximum absolute atomic E-state index is 11.9. The summed E-state index contributed by atoms with van der Waals surface area (Å²) in [6.07, 6.45) is 2.21. The highest BCUT2D eigenvalue weighted by Crippen LogP contribution is 2.39. The van der Waals surface area contributed by atoms with Gasteiger partial charge in [-0.3, -0.25) is 4.79 Å². The Morgan fingerprint density at radius 2 is 1.94 bits per heavy atom. The molecule has 2 heterocycles. The molecule has 0 spiro atoms. The quantitative estimate of drug-likeness (QED) is 0.704. The molecule has 3 rings (SSSR count). The van der Waals surface area contributed by atoms with Gasteiger partial charge >= 0.3 is 0 Å². The molecule has 1 aromatic carbocycles. The normalized spacial score (nSPS) is 33.2. The minimum atomic E-state index is 0.252. The lowest BCUT2D eigenvalue weighted by Crippen LogP contribution is -2.28. The summed E-state index contributed by atoms with van der Waals surface area (Å²) in [7, 11) is 0. The molecule has 0 N–H and O–H groups in total. The van der Waals surface area contributed by atoms with E-state index in [-0.39, 0.29) is 5.92 Å². The first-order valence-electron chi connectivity index (χ1n) is 6.11. The first-order valence-corrected chi connectivity index (χ1v) is 6.11. The molecule has 0 radical (unpaired) electrons. The van der Waals surface area contributed by atoms with E-state index in [1.165, 1.54) is 5.56 Å². The summed E-state index contributed by atoms with van der Waals surface area (Å²) in [5.74, 6) is 1.17. The fraction of sp³-hybridized carbons (Fsp3) is 0.500. The van der Waals surface area contributed by atoms with Gasteiger partial charge in [0.25, 0.3) is 0 Å². The van der Waals surface area contributed by atoms with Gasteiger partial charge in [0, 0.05) is 24.4 Å². The molecule has 3 atom stereocenters. The molecule has 0 aromatic heterocycles. The maximum atomic E-state index is 11.9. The summed E-state index contributed by atoms with van der Waals surface area (Å²) in [6.45, 7) is 2.98. The smallest absolute Gasteiger partial charge is 0.225 e. The molecule has 2 aliphatic heterocycles. The SMILES string of the molecule is C[C@H]1C[C@H]2C[C@H](c3ccccc3)CN2C1=O. The van der Waals surface area contributed by atoms with Crippen molar-refractivity contribution in [2.45, 2.75) is 31.7 Å². The van der Waals surface area contributed by atoms with E-state index in [0.29, 0.717) is 17.9 Å². The molecule has 16 heavy (non-hydrogen) atoms. The molecule has 1 amide bonds. The second-order valence-electron chi connectivity index (χ2n) is 5.12. The monoisotopic (exact) mass is 215 g/mol. The lowest BCUT2D eigenvalue weighted by Gasteiger charge is -2.15. The van der Waals surface area contributed by atoms with Crippen LogP contribution in [0.25, 0.3) is 0 Å². The average molecular weight is 215 g/mol. The van der Waals surface area contributed by atoms with Crippen molar-refractivity contribution in [3.05, 3.63) is 35.9 Å². The van der Waals surface area contributed by atoms with E-state index in [4.69, 9.17) is 0 Å². The van der Waals surface area contributed by atoms with Crippen molar-refractivity contribution >= 4 is 5.91 Å². The van der Waals surface area contributed by atoms with E-state index < -0.39 is 0 Å². The van der Waals surface area contributed by atoms with Crippen LogP contribution < -0.4 is 0 Å². The van der Waals surface area contributed by atoms with Gasteiger partial charge in [0.1, 0.15) is 0 Å². The summed E-state index contributed by atoms with van der Waals surface area (Å²) in [4.78, 5) is 14.0. The van der Waals surface area contributed by atoms with Gasteiger partial charge in [-0.1, -0.05) is 37.3 Å². The minimum absolute atomic E-state index is 0.252. The van der Waals surface area contributed by atoms with Gasteiger partial charge in [-0.15, -0.1) is 0 Å². The number of hydrogen-bond donors (Lipinski definition) is 0. The van der Waals surface area contributed by atoms with Crippen molar-refractivity contribution in [1.29, 1.82) is 0 Å². The highest BCUT2D eigenvalue weighted by atomic mass is 16.2. The van der Waals surface area contributed by atoms with Gasteiger partial charge in [0.15, 0.2) is 0 Å². The van der Waals surface area contributed by atoms with Crippen molar-refractivity contribution in [2.24, 2.45) is 5.92 Å². The number of rotatable bonds is 1. The van der Waals surface area contributed by atoms with Gasteiger partial charge < -0.3 is 4.90 Å². The van der Waals surface area contributed by atoms with Crippen LogP contribution in [0.15, 0.2) is 30.3 Å². The number of carbonyl (C=O) groups is 1. The first kappa shape index (κ1) is 9.88. The summed E-state index contributed by atoms with van der Waals surface area (Å²) >= 11 is 0. The third kappa shape index (κ3) is 1.44. The van der Waals surface area contributed by atoms with Crippen LogP contribution in [0.2, 0.25) is 0 Å². The number of carbonyl (C=O) groups excluding carboxylic acids is 1. The largest absolute Gasteiger partial charge is 0.339 e. The van der Waals surface area contributed by atoms with Crippen molar-refractivity contribution in [1.82, 2.24) is 4.90 Å². The van der Waals surface area contributed by atoms with Gasteiger partial charge in [-0.25, -0.2) is 0 Å². The molecule has 2 fully saturated rings. The van der Waals surface area contributed by atoms with Crippen molar-refractivity contribution in [2.75, 3.05) is 6.54 Å². The Morgan fingerprint density at radius 1 is 1.19 bits per heavy atom. The van der Waals surface area contributed by atoms with E-state index in [1.54, 1.807) is 0 Å². The van der Waals surface area contributed by atoms with Crippen molar-refractivity contribution in [3.8, 4) is 0 Å². The van der Waals surface area contributed by atoms with Crippen LogP contribution in [-0.2, 0) is 4.79 Å². The van der Waals surface area contributed by atoms with Crippen LogP contribution in [0.1, 0.15) is 31.2 Å². The number of hydrogen-bond acceptors (Lipinski definition) is 1. The standard InChI is InChI=1S/C14H17NO/c1-10-7-13-8-12(9-15(13)14(10)16)11-5-3-2-4-6-11/h2-6,10,12-13H,7-9H2,1H3/t10-,12-,13-/m0/s1. The zero-order chi connectivity index (χ0) is 11.1. The summed E-state index contributed by atoms with van der Waals surface area (Å²) in [6, 6.07) is 11.1. The molecular weight excluding hydrogens is 198 g/mol. The highest BCUT2D eigenvalue weighted by Gasteiger charge is 2.43. The molecule has 2 nitrogen and oxygen atoms in total. The number of nitrogens with zero attached hydrogens (tertiary/aromatic N) is 1. The average Bonchev–Trinajstić information content (AvgIpc) is 2.82. The van der Waals surface area contributed by atoms with E-state index >= 15 is 0 Å². The molecule has 0 aliphatic carbocycles. The molecule has 2 aliphatic rings. The molecular formula is C14H17NO. The third-order valence-electron chi connectivity index (χ3n) is 4.02. The molecule has 0 bridgehead atoms. The molecule has 84 valence electrons. The third-order valence-corrected chi connectivity index (χ3v) is 4.02. The molecule has 2 saturated heterocycles. The van der Waals surface area contributed by atoms with Gasteiger partial charge in [0.05, 0.1) is 0 Å². The van der Waals surface area contributed by atoms with Crippen LogP contribution in [0, 0.1) is 5.92 Å². The Bertz CT molecular complexity index is 400. The lowest BCUT2D eigenvalue weighted by atomic mass is 9.93. The molecule has 1 aromatic rings. The Morgan fingerprint density at radius 3 is 2.62 bits per heavy atom. The summed E-state index contributed by atoms with van der Waals surface area (Å²) < 4.78 is 0. The van der Waals surface area contributed by atoms with Crippen LogP contribution >= 0.6 is 0 Å². The second-order valence-corrected chi connectivity index (χ2v) is 5.12. The minimum Gasteiger partial charge on any atom is -0.339 e. The summed E-state index contributed by atoms with van der Waals surface area (Å²) in [5.41, 5.74) is 1.39. The zero-order valence-electron chi connectivity index (χ0n) is 9.60. The van der Waals surface area contributed by atoms with Crippen molar-refractivity contribution < 1.29 is 4.79 Å². The van der Waals surface area contributed by atoms with E-state index in [9.17, 15) is 4.79 Å². The Balaban J connectivity index is 1.79. The highest BCUT2D eigenvalue weighted by molar-refractivity contribution is 5.81. The van der Waals surface area contributed by atoms with Crippen molar-refractivity contribution in [3.63, 3.8) is 0 Å². The predicted octanol–water partition coefficient (Wildman–Crippen LogP) is 2.41. The van der Waals surface area contributed by atoms with E-state index in [2.05, 4.69) is 36.1 Å². The lowest BCUT2D eigenvalue weighted by molar-refractivity contribution is -0.130. The number of amides is 1. The number of fused-ring (bicyclic) bond motifs is 1. The van der Waals surface area contributed by atoms with Crippen LogP contribution in [0.5, 0.6) is 0 Å². The van der Waals surface area contributed by atoms with E-state index in [0.717, 1.165) is 19.4 Å². The van der Waals surface area contributed by atoms with Gasteiger partial charge in [-0.05, 0) is 18.4 Å². The Labute approximate surface area is 96.3 Å². The molecule has 0 unspecified atom stereocenters. The molecule has 2 heteroatoms. The fourth-order valence-corrected chi connectivity index (χ4v) is 3.17. The van der Waals surface area contributed by atoms with E-state index in [1.807, 2.05) is 6.07 Å². The Kier molecular flexibility index (Phi) is 2.23. The maximum Gasteiger partial charge on any atom is 0.225 e. The summed E-state index contributed by atoms with van der Waals surface area (Å²) in [5, 5.41) is 0. The Hall–Kier alpha value is -1.31. The fourth-order valence-electron chi connectivity index (χ4n) is 3.17. The van der Waals surface area contributed by atoms with Crippen LogP contribution in [-0.4, -0.2) is 23.4 Å².